The molecule has 2 rings (SSSR count). The zero-order chi connectivity index (χ0) is 13.5. The van der Waals surface area contributed by atoms with E-state index < -0.39 is 0 Å². The topological polar surface area (TPSA) is 54.4 Å². The average Bonchev–Trinajstić information content (AvgIpc) is 2.48. The normalized spacial score (nSPS) is 11.9. The third-order valence-electron chi connectivity index (χ3n) is 2.88. The number of rotatable bonds is 6. The van der Waals surface area contributed by atoms with E-state index >= 15 is 0 Å². The average molecular weight is 258 g/mol. The van der Waals surface area contributed by atoms with Gasteiger partial charge in [-0.25, -0.2) is 4.98 Å². The zero-order valence-electron chi connectivity index (χ0n) is 10.9. The molecule has 19 heavy (non-hydrogen) atoms. The molecule has 1 unspecified atom stereocenters. The summed E-state index contributed by atoms with van der Waals surface area (Å²) in [5, 5.41) is 12.7. The first kappa shape index (κ1) is 13.4. The lowest BCUT2D eigenvalue weighted by atomic mass is 10.1. The number of aliphatic hydroxyl groups excluding tert-OH is 1. The summed E-state index contributed by atoms with van der Waals surface area (Å²) in [5.74, 6) is 1.33. The standard InChI is InChI=1S/C15H18N2O2/c1-19-14-8-5-9-16-15(14)17-13(11-18)10-12-6-3-2-4-7-12/h2-9,13,18H,10-11H2,1H3,(H,16,17). The molecule has 2 N–H and O–H groups in total. The fourth-order valence-corrected chi connectivity index (χ4v) is 1.92. The Bertz CT molecular complexity index is 503. The Kier molecular flexibility index (Phi) is 4.75. The third-order valence-corrected chi connectivity index (χ3v) is 2.88. The van der Waals surface area contributed by atoms with Crippen molar-refractivity contribution in [3.8, 4) is 5.75 Å². The number of nitrogens with zero attached hydrogens (tertiary/aromatic N) is 1. The first-order chi connectivity index (χ1) is 9.33. The first-order valence-corrected chi connectivity index (χ1v) is 6.24. The van der Waals surface area contributed by atoms with Crippen LogP contribution in [0.15, 0.2) is 48.7 Å². The largest absolute Gasteiger partial charge is 0.493 e. The molecule has 1 aromatic heterocycles. The molecule has 4 heteroatoms. The van der Waals surface area contributed by atoms with Gasteiger partial charge in [-0.15, -0.1) is 0 Å². The van der Waals surface area contributed by atoms with E-state index in [0.29, 0.717) is 11.6 Å². The Hall–Kier alpha value is -2.07. The highest BCUT2D eigenvalue weighted by atomic mass is 16.5. The Morgan fingerprint density at radius 3 is 2.68 bits per heavy atom. The van der Waals surface area contributed by atoms with Gasteiger partial charge in [0, 0.05) is 6.20 Å². The van der Waals surface area contributed by atoms with Crippen molar-refractivity contribution >= 4 is 5.82 Å². The van der Waals surface area contributed by atoms with Crippen molar-refractivity contribution in [2.75, 3.05) is 19.0 Å². The molecule has 0 amide bonds. The predicted octanol–water partition coefficient (Wildman–Crippen LogP) is 2.11. The molecule has 0 aliphatic heterocycles. The molecule has 0 aliphatic carbocycles. The monoisotopic (exact) mass is 258 g/mol. The smallest absolute Gasteiger partial charge is 0.169 e. The van der Waals surface area contributed by atoms with Crippen LogP contribution < -0.4 is 10.1 Å². The highest BCUT2D eigenvalue weighted by Crippen LogP contribution is 2.21. The van der Waals surface area contributed by atoms with Crippen LogP contribution in [-0.4, -0.2) is 29.8 Å². The van der Waals surface area contributed by atoms with Crippen molar-refractivity contribution in [2.24, 2.45) is 0 Å². The fraction of sp³-hybridized carbons (Fsp3) is 0.267. The number of nitrogens with one attached hydrogen (secondary N) is 1. The molecular formula is C15H18N2O2. The van der Waals surface area contributed by atoms with Crippen molar-refractivity contribution < 1.29 is 9.84 Å². The van der Waals surface area contributed by atoms with Crippen molar-refractivity contribution in [3.05, 3.63) is 54.2 Å². The Balaban J connectivity index is 2.07. The van der Waals surface area contributed by atoms with Crippen LogP contribution in [-0.2, 0) is 6.42 Å². The molecule has 2 aromatic rings. The molecule has 0 spiro atoms. The molecule has 0 aliphatic rings. The lowest BCUT2D eigenvalue weighted by Gasteiger charge is -2.18. The highest BCUT2D eigenvalue weighted by Gasteiger charge is 2.11. The first-order valence-electron chi connectivity index (χ1n) is 6.24. The minimum absolute atomic E-state index is 0.0363. The summed E-state index contributed by atoms with van der Waals surface area (Å²) in [6.45, 7) is 0.0363. The van der Waals surface area contributed by atoms with Gasteiger partial charge in [0.15, 0.2) is 11.6 Å². The minimum Gasteiger partial charge on any atom is -0.493 e. The number of pyridine rings is 1. The Morgan fingerprint density at radius 2 is 2.00 bits per heavy atom. The Morgan fingerprint density at radius 1 is 1.21 bits per heavy atom. The molecule has 0 radical (unpaired) electrons. The second-order valence-electron chi connectivity index (χ2n) is 4.27. The van der Waals surface area contributed by atoms with E-state index in [4.69, 9.17) is 4.74 Å². The van der Waals surface area contributed by atoms with Gasteiger partial charge in [0.1, 0.15) is 0 Å². The van der Waals surface area contributed by atoms with E-state index in [1.54, 1.807) is 13.3 Å². The third kappa shape index (κ3) is 3.69. The molecule has 0 bridgehead atoms. The predicted molar refractivity (Wildman–Crippen MR) is 75.4 cm³/mol. The lowest BCUT2D eigenvalue weighted by Crippen LogP contribution is -2.27. The zero-order valence-corrected chi connectivity index (χ0v) is 10.9. The van der Waals surface area contributed by atoms with Gasteiger partial charge >= 0.3 is 0 Å². The second-order valence-corrected chi connectivity index (χ2v) is 4.27. The van der Waals surface area contributed by atoms with Gasteiger partial charge in [-0.05, 0) is 24.1 Å². The van der Waals surface area contributed by atoms with Crippen LogP contribution in [0.5, 0.6) is 5.75 Å². The maximum absolute atomic E-state index is 9.48. The summed E-state index contributed by atoms with van der Waals surface area (Å²) in [6.07, 6.45) is 2.43. The molecule has 1 heterocycles. The number of aliphatic hydroxyl groups is 1. The molecule has 1 aromatic carbocycles. The molecular weight excluding hydrogens is 240 g/mol. The van der Waals surface area contributed by atoms with E-state index in [1.165, 1.54) is 5.56 Å². The van der Waals surface area contributed by atoms with Crippen molar-refractivity contribution in [1.82, 2.24) is 4.98 Å². The summed E-state index contributed by atoms with van der Waals surface area (Å²) < 4.78 is 5.23. The van der Waals surface area contributed by atoms with Gasteiger partial charge in [0.05, 0.1) is 19.8 Å². The summed E-state index contributed by atoms with van der Waals surface area (Å²) in [7, 11) is 1.60. The highest BCUT2D eigenvalue weighted by molar-refractivity contribution is 5.50. The summed E-state index contributed by atoms with van der Waals surface area (Å²) in [6, 6.07) is 13.6. The number of hydrogen-bond acceptors (Lipinski definition) is 4. The molecule has 4 nitrogen and oxygen atoms in total. The van der Waals surface area contributed by atoms with Crippen LogP contribution in [0.3, 0.4) is 0 Å². The molecule has 0 fully saturated rings. The van der Waals surface area contributed by atoms with Crippen LogP contribution in [0.1, 0.15) is 5.56 Å². The number of methoxy groups -OCH3 is 1. The fourth-order valence-electron chi connectivity index (χ4n) is 1.92. The minimum atomic E-state index is -0.0915. The van der Waals surface area contributed by atoms with Crippen molar-refractivity contribution in [2.45, 2.75) is 12.5 Å². The van der Waals surface area contributed by atoms with Crippen LogP contribution in [0.4, 0.5) is 5.82 Å². The van der Waals surface area contributed by atoms with E-state index in [9.17, 15) is 5.11 Å². The lowest BCUT2D eigenvalue weighted by molar-refractivity contribution is 0.273. The number of anilines is 1. The van der Waals surface area contributed by atoms with E-state index in [0.717, 1.165) is 6.42 Å². The van der Waals surface area contributed by atoms with Gasteiger partial charge in [0.25, 0.3) is 0 Å². The number of aromatic nitrogens is 1. The van der Waals surface area contributed by atoms with Crippen molar-refractivity contribution in [3.63, 3.8) is 0 Å². The van der Waals surface area contributed by atoms with Crippen LogP contribution in [0.25, 0.3) is 0 Å². The van der Waals surface area contributed by atoms with Gasteiger partial charge < -0.3 is 15.2 Å². The summed E-state index contributed by atoms with van der Waals surface area (Å²) in [5.41, 5.74) is 1.17. The number of hydrogen-bond donors (Lipinski definition) is 2. The summed E-state index contributed by atoms with van der Waals surface area (Å²) in [4.78, 5) is 4.23. The van der Waals surface area contributed by atoms with E-state index in [1.807, 2.05) is 42.5 Å². The maximum atomic E-state index is 9.48. The second kappa shape index (κ2) is 6.75. The number of benzene rings is 1. The van der Waals surface area contributed by atoms with Gasteiger partial charge in [-0.2, -0.15) is 0 Å². The maximum Gasteiger partial charge on any atom is 0.169 e. The van der Waals surface area contributed by atoms with Gasteiger partial charge in [-0.3, -0.25) is 0 Å². The summed E-state index contributed by atoms with van der Waals surface area (Å²) >= 11 is 0. The van der Waals surface area contributed by atoms with Crippen LogP contribution in [0, 0.1) is 0 Å². The molecule has 1 atom stereocenters. The van der Waals surface area contributed by atoms with E-state index in [2.05, 4.69) is 10.3 Å². The number of ether oxygens (including phenoxy) is 1. The molecule has 0 saturated heterocycles. The van der Waals surface area contributed by atoms with E-state index in [-0.39, 0.29) is 12.6 Å². The van der Waals surface area contributed by atoms with Crippen LogP contribution in [0.2, 0.25) is 0 Å². The molecule has 0 saturated carbocycles. The van der Waals surface area contributed by atoms with Crippen LogP contribution >= 0.6 is 0 Å². The molecule has 100 valence electrons. The van der Waals surface area contributed by atoms with Gasteiger partial charge in [0.2, 0.25) is 0 Å². The SMILES string of the molecule is COc1cccnc1NC(CO)Cc1ccccc1. The Labute approximate surface area is 113 Å². The quantitative estimate of drug-likeness (QED) is 0.833. The van der Waals surface area contributed by atoms with Gasteiger partial charge in [-0.1, -0.05) is 30.3 Å². The van der Waals surface area contributed by atoms with Crippen molar-refractivity contribution in [1.29, 1.82) is 0 Å².